The lowest BCUT2D eigenvalue weighted by Crippen LogP contribution is -1.97. The van der Waals surface area contributed by atoms with Crippen LogP contribution in [0.15, 0.2) is 79.4 Å². The number of rotatable bonds is 5. The van der Waals surface area contributed by atoms with Crippen molar-refractivity contribution in [3.63, 3.8) is 0 Å². The minimum Gasteiger partial charge on any atom is -0.488 e. The lowest BCUT2D eigenvalue weighted by atomic mass is 9.99. The minimum absolute atomic E-state index is 0.567. The molecule has 0 aliphatic carbocycles. The predicted molar refractivity (Wildman–Crippen MR) is 97.5 cm³/mol. The molecule has 0 amide bonds. The Labute approximate surface area is 137 Å². The fraction of sp³-hybridized carbons (Fsp3) is 0.0909. The SMILES string of the molecule is C=Cc1cc(C)cc(-c2ccccc2OCc2ccccc2)c1. The van der Waals surface area contributed by atoms with E-state index in [0.29, 0.717) is 6.61 Å². The van der Waals surface area contributed by atoms with Crippen LogP contribution in [-0.4, -0.2) is 0 Å². The number of para-hydroxylation sites is 1. The third kappa shape index (κ3) is 3.70. The highest BCUT2D eigenvalue weighted by molar-refractivity contribution is 5.73. The summed E-state index contributed by atoms with van der Waals surface area (Å²) in [6.07, 6.45) is 1.88. The van der Waals surface area contributed by atoms with Crippen molar-refractivity contribution in [3.8, 4) is 16.9 Å². The molecule has 0 aliphatic heterocycles. The topological polar surface area (TPSA) is 9.23 Å². The molecule has 114 valence electrons. The van der Waals surface area contributed by atoms with Crippen LogP contribution in [0.2, 0.25) is 0 Å². The summed E-state index contributed by atoms with van der Waals surface area (Å²) < 4.78 is 6.07. The Hall–Kier alpha value is -2.80. The lowest BCUT2D eigenvalue weighted by Gasteiger charge is -2.13. The summed E-state index contributed by atoms with van der Waals surface area (Å²) in [4.78, 5) is 0. The summed E-state index contributed by atoms with van der Waals surface area (Å²) in [5.74, 6) is 0.900. The third-order valence-electron chi connectivity index (χ3n) is 3.77. The quantitative estimate of drug-likeness (QED) is 0.571. The average molecular weight is 300 g/mol. The first-order chi connectivity index (χ1) is 11.3. The number of hydrogen-bond donors (Lipinski definition) is 0. The second-order valence-electron chi connectivity index (χ2n) is 5.61. The van der Waals surface area contributed by atoms with E-state index in [2.05, 4.69) is 49.9 Å². The molecule has 0 bridgehead atoms. The maximum Gasteiger partial charge on any atom is 0.127 e. The molecule has 0 aliphatic rings. The standard InChI is InChI=1S/C22H20O/c1-3-18-13-17(2)14-20(15-18)21-11-7-8-12-22(21)23-16-19-9-5-4-6-10-19/h3-15H,1,16H2,2H3. The van der Waals surface area contributed by atoms with Crippen LogP contribution in [0.25, 0.3) is 17.2 Å². The van der Waals surface area contributed by atoms with Gasteiger partial charge in [-0.25, -0.2) is 0 Å². The van der Waals surface area contributed by atoms with Gasteiger partial charge in [-0.3, -0.25) is 0 Å². The highest BCUT2D eigenvalue weighted by atomic mass is 16.5. The smallest absolute Gasteiger partial charge is 0.127 e. The molecular weight excluding hydrogens is 280 g/mol. The Morgan fingerprint density at radius 3 is 2.43 bits per heavy atom. The van der Waals surface area contributed by atoms with Gasteiger partial charge >= 0.3 is 0 Å². The molecular formula is C22H20O. The van der Waals surface area contributed by atoms with Crippen molar-refractivity contribution >= 4 is 6.08 Å². The molecule has 1 heteroatoms. The molecule has 0 fully saturated rings. The Morgan fingerprint density at radius 1 is 0.913 bits per heavy atom. The summed E-state index contributed by atoms with van der Waals surface area (Å²) in [7, 11) is 0. The van der Waals surface area contributed by atoms with Gasteiger partial charge in [-0.15, -0.1) is 0 Å². The Morgan fingerprint density at radius 2 is 1.65 bits per heavy atom. The van der Waals surface area contributed by atoms with Crippen LogP contribution < -0.4 is 4.74 Å². The molecule has 0 aromatic heterocycles. The van der Waals surface area contributed by atoms with Gasteiger partial charge in [0.1, 0.15) is 12.4 Å². The molecule has 0 heterocycles. The molecule has 3 aromatic rings. The molecule has 0 saturated heterocycles. The first-order valence-electron chi connectivity index (χ1n) is 7.76. The molecule has 0 radical (unpaired) electrons. The van der Waals surface area contributed by atoms with Gasteiger partial charge < -0.3 is 4.74 Å². The van der Waals surface area contributed by atoms with Crippen LogP contribution in [0, 0.1) is 6.92 Å². The normalized spacial score (nSPS) is 10.3. The lowest BCUT2D eigenvalue weighted by molar-refractivity contribution is 0.307. The van der Waals surface area contributed by atoms with E-state index in [1.807, 2.05) is 42.5 Å². The zero-order valence-electron chi connectivity index (χ0n) is 13.3. The van der Waals surface area contributed by atoms with Gasteiger partial charge in [0.2, 0.25) is 0 Å². The summed E-state index contributed by atoms with van der Waals surface area (Å²) in [6, 6.07) is 24.8. The number of hydrogen-bond acceptors (Lipinski definition) is 1. The molecule has 0 saturated carbocycles. The average Bonchev–Trinajstić information content (AvgIpc) is 2.60. The summed E-state index contributed by atoms with van der Waals surface area (Å²) in [6.45, 7) is 6.54. The van der Waals surface area contributed by atoms with Crippen molar-refractivity contribution in [2.24, 2.45) is 0 Å². The zero-order valence-corrected chi connectivity index (χ0v) is 13.3. The highest BCUT2D eigenvalue weighted by Crippen LogP contribution is 2.32. The monoisotopic (exact) mass is 300 g/mol. The molecule has 1 nitrogen and oxygen atoms in total. The molecule has 3 aromatic carbocycles. The largest absolute Gasteiger partial charge is 0.488 e. The fourth-order valence-electron chi connectivity index (χ4n) is 2.65. The van der Waals surface area contributed by atoms with Gasteiger partial charge in [0.25, 0.3) is 0 Å². The zero-order chi connectivity index (χ0) is 16.1. The first kappa shape index (κ1) is 15.1. The van der Waals surface area contributed by atoms with Gasteiger partial charge in [-0.05, 0) is 41.3 Å². The maximum atomic E-state index is 6.07. The van der Waals surface area contributed by atoms with Crippen LogP contribution in [0.5, 0.6) is 5.75 Å². The van der Waals surface area contributed by atoms with Crippen molar-refractivity contribution in [1.29, 1.82) is 0 Å². The van der Waals surface area contributed by atoms with E-state index < -0.39 is 0 Å². The predicted octanol–water partition coefficient (Wildman–Crippen LogP) is 5.88. The third-order valence-corrected chi connectivity index (χ3v) is 3.77. The minimum atomic E-state index is 0.567. The summed E-state index contributed by atoms with van der Waals surface area (Å²) in [5, 5.41) is 0. The number of aryl methyl sites for hydroxylation is 1. The number of benzene rings is 3. The second kappa shape index (κ2) is 6.97. The molecule has 23 heavy (non-hydrogen) atoms. The van der Waals surface area contributed by atoms with Crippen molar-refractivity contribution in [2.45, 2.75) is 13.5 Å². The van der Waals surface area contributed by atoms with Gasteiger partial charge in [0.15, 0.2) is 0 Å². The van der Waals surface area contributed by atoms with Crippen LogP contribution in [0.4, 0.5) is 0 Å². The number of ether oxygens (including phenoxy) is 1. The van der Waals surface area contributed by atoms with Crippen molar-refractivity contribution < 1.29 is 4.74 Å². The van der Waals surface area contributed by atoms with Gasteiger partial charge in [0.05, 0.1) is 0 Å². The van der Waals surface area contributed by atoms with E-state index in [1.165, 1.54) is 11.1 Å². The van der Waals surface area contributed by atoms with Crippen LogP contribution in [0.1, 0.15) is 16.7 Å². The van der Waals surface area contributed by atoms with Gasteiger partial charge in [-0.1, -0.05) is 73.3 Å². The maximum absolute atomic E-state index is 6.07. The summed E-state index contributed by atoms with van der Waals surface area (Å²) >= 11 is 0. The Kier molecular flexibility index (Phi) is 4.58. The van der Waals surface area contributed by atoms with Crippen LogP contribution >= 0.6 is 0 Å². The summed E-state index contributed by atoms with van der Waals surface area (Å²) in [5.41, 5.74) is 5.77. The highest BCUT2D eigenvalue weighted by Gasteiger charge is 2.07. The van der Waals surface area contributed by atoms with E-state index in [1.54, 1.807) is 0 Å². The van der Waals surface area contributed by atoms with E-state index in [-0.39, 0.29) is 0 Å². The van der Waals surface area contributed by atoms with Crippen LogP contribution in [-0.2, 0) is 6.61 Å². The Balaban J connectivity index is 1.91. The molecule has 0 unspecified atom stereocenters. The van der Waals surface area contributed by atoms with E-state index in [0.717, 1.165) is 22.4 Å². The Bertz CT molecular complexity index is 803. The van der Waals surface area contributed by atoms with Crippen molar-refractivity contribution in [3.05, 3.63) is 96.1 Å². The second-order valence-corrected chi connectivity index (χ2v) is 5.61. The molecule has 3 rings (SSSR count). The van der Waals surface area contributed by atoms with E-state index in [9.17, 15) is 0 Å². The van der Waals surface area contributed by atoms with Crippen molar-refractivity contribution in [2.75, 3.05) is 0 Å². The van der Waals surface area contributed by atoms with Crippen molar-refractivity contribution in [1.82, 2.24) is 0 Å². The van der Waals surface area contributed by atoms with Crippen LogP contribution in [0.3, 0.4) is 0 Å². The van der Waals surface area contributed by atoms with E-state index in [4.69, 9.17) is 4.74 Å². The molecule has 0 N–H and O–H groups in total. The fourth-order valence-corrected chi connectivity index (χ4v) is 2.65. The van der Waals surface area contributed by atoms with Gasteiger partial charge in [0, 0.05) is 5.56 Å². The molecule has 0 atom stereocenters. The molecule has 0 spiro atoms. The van der Waals surface area contributed by atoms with E-state index >= 15 is 0 Å². The first-order valence-corrected chi connectivity index (χ1v) is 7.76. The van der Waals surface area contributed by atoms with Gasteiger partial charge in [-0.2, -0.15) is 0 Å².